The van der Waals surface area contributed by atoms with Gasteiger partial charge in [-0.3, -0.25) is 4.79 Å². The molecule has 0 aromatic heterocycles. The van der Waals surface area contributed by atoms with Gasteiger partial charge in [0.15, 0.2) is 6.61 Å². The lowest BCUT2D eigenvalue weighted by Gasteiger charge is -2.18. The number of nitrogens with one attached hydrogen (secondary N) is 1. The van der Waals surface area contributed by atoms with Crippen LogP contribution in [0.2, 0.25) is 0 Å². The third kappa shape index (κ3) is 7.52. The van der Waals surface area contributed by atoms with Crippen LogP contribution in [0.25, 0.3) is 0 Å². The highest BCUT2D eigenvalue weighted by atomic mass is 16.6. The number of amidine groups is 1. The molecular weight excluding hydrogens is 338 g/mol. The molecule has 5 nitrogen and oxygen atoms in total. The number of carbonyl (C=O) groups is 1. The molecule has 0 heterocycles. The molecule has 2 rings (SSSR count). The van der Waals surface area contributed by atoms with Gasteiger partial charge in [0.2, 0.25) is 0 Å². The highest BCUT2D eigenvalue weighted by molar-refractivity contribution is 5.80. The fourth-order valence-corrected chi connectivity index (χ4v) is 2.93. The van der Waals surface area contributed by atoms with Crippen LogP contribution in [0, 0.1) is 5.92 Å². The minimum absolute atomic E-state index is 0.125. The van der Waals surface area contributed by atoms with Crippen LogP contribution in [0.4, 0.5) is 0 Å². The molecule has 0 spiro atoms. The standard InChI is InChI=1S/C22H29N3O2/c1-17(2)15-21(23)25-27-16-22(26)24-14-13-20(18-9-5-3-6-10-18)19-11-7-4-8-12-19/h3-12,17,20H,13-16H2,1-2H3,(H2,23,25)(H,24,26). The van der Waals surface area contributed by atoms with Gasteiger partial charge < -0.3 is 15.9 Å². The molecule has 2 aromatic carbocycles. The second kappa shape index (κ2) is 11.0. The summed E-state index contributed by atoms with van der Waals surface area (Å²) in [4.78, 5) is 17.0. The van der Waals surface area contributed by atoms with Gasteiger partial charge in [0.1, 0.15) is 5.84 Å². The second-order valence-corrected chi connectivity index (χ2v) is 6.97. The molecule has 0 unspecified atom stereocenters. The number of benzene rings is 2. The van der Waals surface area contributed by atoms with Gasteiger partial charge in [0.05, 0.1) is 0 Å². The lowest BCUT2D eigenvalue weighted by atomic mass is 9.88. The van der Waals surface area contributed by atoms with Crippen LogP contribution in [0.15, 0.2) is 65.8 Å². The number of oxime groups is 1. The Bertz CT molecular complexity index is 675. The maximum Gasteiger partial charge on any atom is 0.260 e. The summed E-state index contributed by atoms with van der Waals surface area (Å²) in [6, 6.07) is 20.7. The van der Waals surface area contributed by atoms with Crippen molar-refractivity contribution >= 4 is 11.7 Å². The Morgan fingerprint density at radius 2 is 1.59 bits per heavy atom. The fourth-order valence-electron chi connectivity index (χ4n) is 2.93. The van der Waals surface area contributed by atoms with Crippen LogP contribution in [-0.4, -0.2) is 24.9 Å². The molecule has 0 aliphatic carbocycles. The molecule has 1 amide bonds. The number of nitrogens with two attached hydrogens (primary N) is 1. The minimum atomic E-state index is -0.198. The van der Waals surface area contributed by atoms with Crippen LogP contribution in [-0.2, 0) is 9.63 Å². The molecule has 0 saturated carbocycles. The summed E-state index contributed by atoms with van der Waals surface area (Å²) in [6.45, 7) is 4.53. The van der Waals surface area contributed by atoms with Crippen LogP contribution in [0.3, 0.4) is 0 Å². The van der Waals surface area contributed by atoms with Gasteiger partial charge >= 0.3 is 0 Å². The molecule has 0 radical (unpaired) electrons. The van der Waals surface area contributed by atoms with E-state index in [0.717, 1.165) is 6.42 Å². The summed E-state index contributed by atoms with van der Waals surface area (Å²) in [5.74, 6) is 0.842. The van der Waals surface area contributed by atoms with Crippen LogP contribution in [0.5, 0.6) is 0 Å². The number of hydrogen-bond acceptors (Lipinski definition) is 3. The zero-order valence-corrected chi connectivity index (χ0v) is 16.1. The Balaban J connectivity index is 1.84. The van der Waals surface area contributed by atoms with E-state index in [1.54, 1.807) is 0 Å². The van der Waals surface area contributed by atoms with E-state index in [4.69, 9.17) is 10.6 Å². The Kier molecular flexibility index (Phi) is 8.36. The van der Waals surface area contributed by atoms with E-state index >= 15 is 0 Å². The first-order valence-electron chi connectivity index (χ1n) is 9.37. The summed E-state index contributed by atoms with van der Waals surface area (Å²) in [7, 11) is 0. The third-order valence-electron chi connectivity index (χ3n) is 4.15. The molecule has 0 atom stereocenters. The van der Waals surface area contributed by atoms with Crippen molar-refractivity contribution < 1.29 is 9.63 Å². The zero-order chi connectivity index (χ0) is 19.5. The van der Waals surface area contributed by atoms with Gasteiger partial charge in [-0.15, -0.1) is 0 Å². The average molecular weight is 367 g/mol. The van der Waals surface area contributed by atoms with E-state index in [1.807, 2.05) is 50.2 Å². The van der Waals surface area contributed by atoms with Gasteiger partial charge in [-0.2, -0.15) is 0 Å². The summed E-state index contributed by atoms with van der Waals surface area (Å²) in [5.41, 5.74) is 8.20. The molecule has 0 aliphatic heterocycles. The van der Waals surface area contributed by atoms with E-state index in [9.17, 15) is 4.79 Å². The van der Waals surface area contributed by atoms with Crippen molar-refractivity contribution in [1.82, 2.24) is 5.32 Å². The Hall–Kier alpha value is -2.82. The quantitative estimate of drug-likeness (QED) is 0.382. The third-order valence-corrected chi connectivity index (χ3v) is 4.15. The minimum Gasteiger partial charge on any atom is -0.384 e. The van der Waals surface area contributed by atoms with E-state index in [0.29, 0.717) is 24.7 Å². The van der Waals surface area contributed by atoms with Gasteiger partial charge in [-0.25, -0.2) is 0 Å². The maximum absolute atomic E-state index is 12.0. The van der Waals surface area contributed by atoms with E-state index in [-0.39, 0.29) is 18.4 Å². The Morgan fingerprint density at radius 1 is 1.04 bits per heavy atom. The van der Waals surface area contributed by atoms with Gasteiger partial charge in [0, 0.05) is 18.9 Å². The molecule has 5 heteroatoms. The first kappa shape index (κ1) is 20.5. The summed E-state index contributed by atoms with van der Waals surface area (Å²) >= 11 is 0. The molecular formula is C22H29N3O2. The number of hydrogen-bond donors (Lipinski definition) is 2. The second-order valence-electron chi connectivity index (χ2n) is 6.97. The number of rotatable bonds is 10. The molecule has 0 saturated heterocycles. The lowest BCUT2D eigenvalue weighted by molar-refractivity contribution is -0.125. The molecule has 2 aromatic rings. The first-order chi connectivity index (χ1) is 13.1. The predicted molar refractivity (Wildman–Crippen MR) is 109 cm³/mol. The van der Waals surface area contributed by atoms with Crippen molar-refractivity contribution in [3.8, 4) is 0 Å². The van der Waals surface area contributed by atoms with E-state index in [2.05, 4.69) is 34.7 Å². The van der Waals surface area contributed by atoms with Gasteiger partial charge in [-0.1, -0.05) is 79.7 Å². The summed E-state index contributed by atoms with van der Waals surface area (Å²) in [5, 5.41) is 6.67. The molecule has 27 heavy (non-hydrogen) atoms. The molecule has 0 fully saturated rings. The molecule has 0 aliphatic rings. The Morgan fingerprint density at radius 3 is 2.11 bits per heavy atom. The zero-order valence-electron chi connectivity index (χ0n) is 16.1. The van der Waals surface area contributed by atoms with Crippen molar-refractivity contribution in [2.24, 2.45) is 16.8 Å². The number of nitrogens with zero attached hydrogens (tertiary/aromatic N) is 1. The van der Waals surface area contributed by atoms with Crippen LogP contribution >= 0.6 is 0 Å². The van der Waals surface area contributed by atoms with E-state index in [1.165, 1.54) is 11.1 Å². The molecule has 3 N–H and O–H groups in total. The van der Waals surface area contributed by atoms with Gasteiger partial charge in [0.25, 0.3) is 5.91 Å². The smallest absolute Gasteiger partial charge is 0.260 e. The predicted octanol–water partition coefficient (Wildman–Crippen LogP) is 3.66. The highest BCUT2D eigenvalue weighted by Crippen LogP contribution is 2.27. The van der Waals surface area contributed by atoms with Crippen molar-refractivity contribution in [2.75, 3.05) is 13.2 Å². The Labute approximate surface area is 161 Å². The van der Waals surface area contributed by atoms with Crippen molar-refractivity contribution in [3.63, 3.8) is 0 Å². The number of amides is 1. The fraction of sp³-hybridized carbons (Fsp3) is 0.364. The van der Waals surface area contributed by atoms with Crippen LogP contribution < -0.4 is 11.1 Å². The van der Waals surface area contributed by atoms with Crippen LogP contribution in [0.1, 0.15) is 43.7 Å². The van der Waals surface area contributed by atoms with Crippen molar-refractivity contribution in [2.45, 2.75) is 32.6 Å². The van der Waals surface area contributed by atoms with Gasteiger partial charge in [-0.05, 0) is 23.5 Å². The van der Waals surface area contributed by atoms with Crippen molar-refractivity contribution in [3.05, 3.63) is 71.8 Å². The molecule has 144 valence electrons. The molecule has 0 bridgehead atoms. The lowest BCUT2D eigenvalue weighted by Crippen LogP contribution is -2.29. The van der Waals surface area contributed by atoms with Crippen molar-refractivity contribution in [1.29, 1.82) is 0 Å². The first-order valence-corrected chi connectivity index (χ1v) is 9.37. The largest absolute Gasteiger partial charge is 0.384 e. The highest BCUT2D eigenvalue weighted by Gasteiger charge is 2.14. The number of carbonyl (C=O) groups excluding carboxylic acids is 1. The average Bonchev–Trinajstić information content (AvgIpc) is 2.66. The normalized spacial score (nSPS) is 11.6. The monoisotopic (exact) mass is 367 g/mol. The summed E-state index contributed by atoms with van der Waals surface area (Å²) < 4.78 is 0. The summed E-state index contributed by atoms with van der Waals surface area (Å²) in [6.07, 6.45) is 1.45. The van der Waals surface area contributed by atoms with E-state index < -0.39 is 0 Å². The topological polar surface area (TPSA) is 76.7 Å². The SMILES string of the molecule is CC(C)C/C(N)=N/OCC(=O)NCCC(c1ccccc1)c1ccccc1. The maximum atomic E-state index is 12.0.